The van der Waals surface area contributed by atoms with Crippen LogP contribution in [0.25, 0.3) is 0 Å². The molecule has 0 bridgehead atoms. The zero-order valence-electron chi connectivity index (χ0n) is 20.5. The first kappa shape index (κ1) is 23.8. The summed E-state index contributed by atoms with van der Waals surface area (Å²) in [4.78, 5) is 24.8. The molecule has 3 heteroatoms. The standard InChI is InChI=1S/C27H46O3/c1-18(2)8-7-9-19(3)21-11-12-22-20-10-13-24(28)27(5,17-15-25(29)30-6)23(20)14-16-26(21,22)4/h18-23H,7-17H2,1-6H3/t19-,20+,21-,22+,23+,26-,27-/m1/s1. The van der Waals surface area contributed by atoms with Crippen LogP contribution >= 0.6 is 0 Å². The van der Waals surface area contributed by atoms with Crippen LogP contribution in [-0.4, -0.2) is 18.9 Å². The molecule has 3 nitrogen and oxygen atoms in total. The van der Waals surface area contributed by atoms with Crippen molar-refractivity contribution in [1.82, 2.24) is 0 Å². The number of methoxy groups -OCH3 is 1. The number of hydrogen-bond acceptors (Lipinski definition) is 3. The third kappa shape index (κ3) is 4.37. The molecule has 0 aromatic rings. The molecule has 3 fully saturated rings. The molecular formula is C27H46O3. The topological polar surface area (TPSA) is 43.4 Å². The normalized spacial score (nSPS) is 39.5. The molecule has 0 heterocycles. The van der Waals surface area contributed by atoms with E-state index in [-0.39, 0.29) is 11.4 Å². The van der Waals surface area contributed by atoms with Crippen molar-refractivity contribution in [2.75, 3.05) is 7.11 Å². The smallest absolute Gasteiger partial charge is 0.305 e. The number of carbonyl (C=O) groups is 2. The van der Waals surface area contributed by atoms with Crippen molar-refractivity contribution in [3.05, 3.63) is 0 Å². The number of esters is 1. The minimum absolute atomic E-state index is 0.178. The molecule has 0 aliphatic heterocycles. The number of ether oxygens (including phenoxy) is 1. The molecule has 3 rings (SSSR count). The Kier molecular flexibility index (Phi) is 7.40. The molecule has 0 amide bonds. The molecule has 0 N–H and O–H groups in total. The van der Waals surface area contributed by atoms with E-state index in [4.69, 9.17) is 4.74 Å². The van der Waals surface area contributed by atoms with Gasteiger partial charge in [-0.3, -0.25) is 9.59 Å². The van der Waals surface area contributed by atoms with E-state index in [1.54, 1.807) is 0 Å². The number of carbonyl (C=O) groups excluding carboxylic acids is 2. The third-order valence-electron chi connectivity index (χ3n) is 9.87. The molecule has 3 saturated carbocycles. The van der Waals surface area contributed by atoms with E-state index in [2.05, 4.69) is 34.6 Å². The molecule has 172 valence electrons. The van der Waals surface area contributed by atoms with Gasteiger partial charge in [0.05, 0.1) is 7.11 Å². The van der Waals surface area contributed by atoms with Gasteiger partial charge in [0.2, 0.25) is 0 Å². The number of ketones is 1. The number of Topliss-reactive ketones (excluding diaryl/α,β-unsaturated/α-hetero) is 1. The largest absolute Gasteiger partial charge is 0.469 e. The van der Waals surface area contributed by atoms with Gasteiger partial charge >= 0.3 is 5.97 Å². The maximum atomic E-state index is 13.0. The molecule has 0 radical (unpaired) electrons. The van der Waals surface area contributed by atoms with Crippen molar-refractivity contribution in [3.63, 3.8) is 0 Å². The summed E-state index contributed by atoms with van der Waals surface area (Å²) < 4.78 is 4.88. The van der Waals surface area contributed by atoms with Crippen molar-refractivity contribution >= 4 is 11.8 Å². The van der Waals surface area contributed by atoms with Crippen molar-refractivity contribution < 1.29 is 14.3 Å². The Morgan fingerprint density at radius 2 is 1.80 bits per heavy atom. The predicted octanol–water partition coefficient (Wildman–Crippen LogP) is 6.83. The highest BCUT2D eigenvalue weighted by molar-refractivity contribution is 5.86. The minimum Gasteiger partial charge on any atom is -0.469 e. The molecule has 3 aliphatic carbocycles. The van der Waals surface area contributed by atoms with Gasteiger partial charge in [-0.1, -0.05) is 53.9 Å². The zero-order chi connectivity index (χ0) is 22.1. The van der Waals surface area contributed by atoms with Gasteiger partial charge in [0, 0.05) is 18.3 Å². The van der Waals surface area contributed by atoms with E-state index in [1.807, 2.05) is 0 Å². The van der Waals surface area contributed by atoms with E-state index >= 15 is 0 Å². The second-order valence-electron chi connectivity index (χ2n) is 11.9. The first-order valence-electron chi connectivity index (χ1n) is 12.7. The maximum Gasteiger partial charge on any atom is 0.305 e. The van der Waals surface area contributed by atoms with Crippen LogP contribution in [0, 0.1) is 46.3 Å². The van der Waals surface area contributed by atoms with Gasteiger partial charge in [-0.2, -0.15) is 0 Å². The lowest BCUT2D eigenvalue weighted by molar-refractivity contribution is -0.149. The summed E-state index contributed by atoms with van der Waals surface area (Å²) in [6.45, 7) is 11.9. The molecule has 0 saturated heterocycles. The van der Waals surface area contributed by atoms with Gasteiger partial charge in [0.25, 0.3) is 0 Å². The summed E-state index contributed by atoms with van der Waals surface area (Å²) in [5.74, 6) is 4.56. The summed E-state index contributed by atoms with van der Waals surface area (Å²) in [6, 6.07) is 0. The average Bonchev–Trinajstić information content (AvgIpc) is 3.06. The fourth-order valence-corrected chi connectivity index (χ4v) is 8.08. The highest BCUT2D eigenvalue weighted by atomic mass is 16.5. The van der Waals surface area contributed by atoms with Crippen LogP contribution in [0.4, 0.5) is 0 Å². The van der Waals surface area contributed by atoms with Crippen molar-refractivity contribution in [2.24, 2.45) is 46.3 Å². The lowest BCUT2D eigenvalue weighted by Crippen LogP contribution is -2.52. The van der Waals surface area contributed by atoms with Gasteiger partial charge in [0.15, 0.2) is 0 Å². The van der Waals surface area contributed by atoms with Gasteiger partial charge in [-0.15, -0.1) is 0 Å². The highest BCUT2D eigenvalue weighted by Crippen LogP contribution is 2.65. The molecule has 0 spiro atoms. The Hall–Kier alpha value is -0.860. The van der Waals surface area contributed by atoms with E-state index in [9.17, 15) is 9.59 Å². The molecule has 3 aliphatic rings. The van der Waals surface area contributed by atoms with E-state index in [0.29, 0.717) is 42.3 Å². The SMILES string of the molecule is COC(=O)CC[C@@]1(C)C(=O)CC[C@H]2[C@@H]3CC[C@H]([C@H](C)CCCC(C)C)[C@@]3(C)CC[C@@H]21. The van der Waals surface area contributed by atoms with Crippen LogP contribution in [-0.2, 0) is 14.3 Å². The van der Waals surface area contributed by atoms with E-state index < -0.39 is 0 Å². The highest BCUT2D eigenvalue weighted by Gasteiger charge is 2.59. The molecule has 7 atom stereocenters. The second-order valence-corrected chi connectivity index (χ2v) is 11.9. The Morgan fingerprint density at radius 3 is 2.47 bits per heavy atom. The molecular weight excluding hydrogens is 372 g/mol. The fourth-order valence-electron chi connectivity index (χ4n) is 8.08. The van der Waals surface area contributed by atoms with Crippen LogP contribution in [0.15, 0.2) is 0 Å². The summed E-state index contributed by atoms with van der Waals surface area (Å²) >= 11 is 0. The summed E-state index contributed by atoms with van der Waals surface area (Å²) in [5, 5.41) is 0. The summed E-state index contributed by atoms with van der Waals surface area (Å²) in [6.07, 6.45) is 12.1. The lowest BCUT2D eigenvalue weighted by atomic mass is 9.48. The van der Waals surface area contributed by atoms with Gasteiger partial charge in [-0.25, -0.2) is 0 Å². The summed E-state index contributed by atoms with van der Waals surface area (Å²) in [5.41, 5.74) is 0.113. The van der Waals surface area contributed by atoms with Crippen LogP contribution in [0.2, 0.25) is 0 Å². The Bertz CT molecular complexity index is 626. The van der Waals surface area contributed by atoms with Crippen molar-refractivity contribution in [3.8, 4) is 0 Å². The first-order chi connectivity index (χ1) is 14.1. The Balaban J connectivity index is 1.72. The van der Waals surface area contributed by atoms with Crippen LogP contribution in [0.1, 0.15) is 105 Å². The van der Waals surface area contributed by atoms with E-state index in [0.717, 1.165) is 36.5 Å². The van der Waals surface area contributed by atoms with Gasteiger partial charge in [-0.05, 0) is 79.4 Å². The van der Waals surface area contributed by atoms with Crippen LogP contribution < -0.4 is 0 Å². The number of hydrogen-bond donors (Lipinski definition) is 0. The minimum atomic E-state index is -0.334. The summed E-state index contributed by atoms with van der Waals surface area (Å²) in [7, 11) is 1.45. The number of fused-ring (bicyclic) bond motifs is 3. The average molecular weight is 419 g/mol. The van der Waals surface area contributed by atoms with Crippen molar-refractivity contribution in [2.45, 2.75) is 105 Å². The molecule has 0 aromatic heterocycles. The monoisotopic (exact) mass is 418 g/mol. The van der Waals surface area contributed by atoms with Gasteiger partial charge in [0.1, 0.15) is 5.78 Å². The van der Waals surface area contributed by atoms with Crippen LogP contribution in [0.5, 0.6) is 0 Å². The quantitative estimate of drug-likeness (QED) is 0.406. The second kappa shape index (κ2) is 9.33. The lowest BCUT2D eigenvalue weighted by Gasteiger charge is -2.56. The maximum absolute atomic E-state index is 13.0. The van der Waals surface area contributed by atoms with Crippen molar-refractivity contribution in [1.29, 1.82) is 0 Å². The predicted molar refractivity (Wildman–Crippen MR) is 122 cm³/mol. The number of rotatable bonds is 8. The van der Waals surface area contributed by atoms with Crippen LogP contribution in [0.3, 0.4) is 0 Å². The zero-order valence-corrected chi connectivity index (χ0v) is 20.5. The van der Waals surface area contributed by atoms with Gasteiger partial charge < -0.3 is 4.74 Å². The Labute approximate surface area is 185 Å². The van der Waals surface area contributed by atoms with E-state index in [1.165, 1.54) is 45.6 Å². The fraction of sp³-hybridized carbons (Fsp3) is 0.926. The molecule has 0 unspecified atom stereocenters. The Morgan fingerprint density at radius 1 is 1.07 bits per heavy atom. The molecule has 0 aromatic carbocycles. The first-order valence-corrected chi connectivity index (χ1v) is 12.7. The molecule has 30 heavy (non-hydrogen) atoms. The third-order valence-corrected chi connectivity index (χ3v) is 9.87.